The number of hydrogen-bond donors (Lipinski definition) is 0. The third-order valence-electron chi connectivity index (χ3n) is 6.63. The summed E-state index contributed by atoms with van der Waals surface area (Å²) in [4.78, 5) is 12.9. The maximum Gasteiger partial charge on any atom is 0.162 e. The minimum atomic E-state index is -0.262. The van der Waals surface area contributed by atoms with E-state index in [1.54, 1.807) is 0 Å². The average Bonchev–Trinajstić information content (AvgIpc) is 2.87. The van der Waals surface area contributed by atoms with Crippen molar-refractivity contribution in [3.05, 3.63) is 108 Å². The molecule has 0 saturated heterocycles. The van der Waals surface area contributed by atoms with E-state index in [2.05, 4.69) is 85.0 Å². The van der Waals surface area contributed by atoms with Crippen LogP contribution in [0.3, 0.4) is 0 Å². The monoisotopic (exact) mass is 334 g/mol. The van der Waals surface area contributed by atoms with E-state index in [9.17, 15) is 4.79 Å². The molecule has 0 saturated carbocycles. The van der Waals surface area contributed by atoms with Crippen LogP contribution >= 0.6 is 0 Å². The highest BCUT2D eigenvalue weighted by atomic mass is 16.1. The molecule has 26 heavy (non-hydrogen) atoms. The van der Waals surface area contributed by atoms with E-state index in [1.807, 2.05) is 6.08 Å². The van der Waals surface area contributed by atoms with Crippen LogP contribution in [0.2, 0.25) is 0 Å². The van der Waals surface area contributed by atoms with Crippen LogP contribution in [0.15, 0.2) is 91.0 Å². The van der Waals surface area contributed by atoms with Crippen LogP contribution in [0, 0.1) is 5.92 Å². The molecule has 0 amide bonds. The Morgan fingerprint density at radius 1 is 0.769 bits per heavy atom. The minimum absolute atomic E-state index is 0.0615. The molecule has 4 aliphatic rings. The van der Waals surface area contributed by atoms with Gasteiger partial charge in [0.15, 0.2) is 5.78 Å². The summed E-state index contributed by atoms with van der Waals surface area (Å²) in [5, 5.41) is 2.65. The fourth-order valence-electron chi connectivity index (χ4n) is 5.61. The highest BCUT2D eigenvalue weighted by Gasteiger charge is 2.54. The van der Waals surface area contributed by atoms with Crippen molar-refractivity contribution in [1.82, 2.24) is 0 Å². The Labute approximate surface area is 152 Å². The van der Waals surface area contributed by atoms with E-state index < -0.39 is 0 Å². The molecular weight excluding hydrogens is 316 g/mol. The van der Waals surface area contributed by atoms with Gasteiger partial charge in [-0.25, -0.2) is 0 Å². The molecular formula is C25H18O. The van der Waals surface area contributed by atoms with E-state index >= 15 is 0 Å². The molecule has 0 spiro atoms. The minimum Gasteiger partial charge on any atom is -0.294 e. The predicted molar refractivity (Wildman–Crippen MR) is 104 cm³/mol. The number of rotatable bonds is 1. The summed E-state index contributed by atoms with van der Waals surface area (Å²) >= 11 is 0. The van der Waals surface area contributed by atoms with Crippen molar-refractivity contribution in [3.8, 4) is 0 Å². The van der Waals surface area contributed by atoms with Crippen molar-refractivity contribution >= 4 is 16.6 Å². The molecule has 0 aromatic heterocycles. The van der Waals surface area contributed by atoms with E-state index in [0.29, 0.717) is 0 Å². The Bertz CT molecular complexity index is 1120. The molecule has 1 heteroatoms. The largest absolute Gasteiger partial charge is 0.294 e. The topological polar surface area (TPSA) is 17.1 Å². The lowest BCUT2D eigenvalue weighted by molar-refractivity contribution is -0.117. The number of benzene rings is 3. The van der Waals surface area contributed by atoms with Crippen LogP contribution < -0.4 is 0 Å². The number of fused-ring (bicyclic) bond motifs is 1. The second-order valence-corrected chi connectivity index (χ2v) is 7.72. The average molecular weight is 334 g/mol. The van der Waals surface area contributed by atoms with Gasteiger partial charge in [0.05, 0.1) is 0 Å². The maximum atomic E-state index is 12.9. The lowest BCUT2D eigenvalue weighted by Crippen LogP contribution is -2.36. The molecule has 0 fully saturated rings. The molecule has 0 radical (unpaired) electrons. The highest BCUT2D eigenvalue weighted by molar-refractivity contribution is 6.00. The summed E-state index contributed by atoms with van der Waals surface area (Å²) in [6.07, 6.45) is 8.46. The smallest absolute Gasteiger partial charge is 0.162 e. The van der Waals surface area contributed by atoms with Crippen LogP contribution in [-0.4, -0.2) is 5.78 Å². The molecule has 4 unspecified atom stereocenters. The van der Waals surface area contributed by atoms with Crippen molar-refractivity contribution < 1.29 is 4.79 Å². The van der Waals surface area contributed by atoms with Gasteiger partial charge in [0.2, 0.25) is 0 Å². The fourth-order valence-corrected chi connectivity index (χ4v) is 5.61. The number of hydrogen-bond acceptors (Lipinski definition) is 1. The van der Waals surface area contributed by atoms with Gasteiger partial charge in [-0.05, 0) is 33.5 Å². The first-order valence-corrected chi connectivity index (χ1v) is 9.29. The molecule has 0 N–H and O–H groups in total. The zero-order valence-electron chi connectivity index (χ0n) is 14.3. The van der Waals surface area contributed by atoms with E-state index in [0.717, 1.165) is 0 Å². The lowest BCUT2D eigenvalue weighted by atomic mass is 9.59. The van der Waals surface area contributed by atoms with Gasteiger partial charge in [-0.15, -0.1) is 0 Å². The first-order valence-electron chi connectivity index (χ1n) is 9.29. The molecule has 3 aromatic rings. The van der Waals surface area contributed by atoms with Gasteiger partial charge in [-0.1, -0.05) is 85.0 Å². The molecule has 0 heterocycles. The Hall–Kier alpha value is -2.93. The number of carbonyl (C=O) groups is 1. The Morgan fingerprint density at radius 3 is 2.35 bits per heavy atom. The van der Waals surface area contributed by atoms with Gasteiger partial charge < -0.3 is 0 Å². The molecule has 124 valence electrons. The van der Waals surface area contributed by atoms with Gasteiger partial charge in [0, 0.05) is 23.2 Å². The SMILES string of the molecule is O=C1C=CC2(c3ccccc3)C=CC1C1c3cccc4cccc(c34)C12. The highest BCUT2D eigenvalue weighted by Crippen LogP contribution is 2.62. The number of carbonyl (C=O) groups excluding carboxylic acids is 1. The third kappa shape index (κ3) is 1.59. The van der Waals surface area contributed by atoms with Crippen LogP contribution in [0.5, 0.6) is 0 Å². The summed E-state index contributed by atoms with van der Waals surface area (Å²) in [5.74, 6) is 0.650. The first kappa shape index (κ1) is 14.3. The second kappa shape index (κ2) is 4.82. The lowest BCUT2D eigenvalue weighted by Gasteiger charge is -2.42. The zero-order valence-corrected chi connectivity index (χ0v) is 14.3. The molecule has 1 nitrogen and oxygen atoms in total. The predicted octanol–water partition coefficient (Wildman–Crippen LogP) is 5.28. The van der Waals surface area contributed by atoms with Gasteiger partial charge in [-0.2, -0.15) is 0 Å². The molecule has 4 atom stereocenters. The molecule has 4 aliphatic carbocycles. The third-order valence-corrected chi connectivity index (χ3v) is 6.63. The summed E-state index contributed by atoms with van der Waals surface area (Å²) in [7, 11) is 0. The van der Waals surface area contributed by atoms with E-state index in [-0.39, 0.29) is 29.0 Å². The normalized spacial score (nSPS) is 30.6. The van der Waals surface area contributed by atoms with E-state index in [4.69, 9.17) is 0 Å². The Morgan fingerprint density at radius 2 is 1.54 bits per heavy atom. The van der Waals surface area contributed by atoms with Crippen molar-refractivity contribution in [2.75, 3.05) is 0 Å². The quantitative estimate of drug-likeness (QED) is 0.553. The van der Waals surface area contributed by atoms with Gasteiger partial charge in [0.1, 0.15) is 0 Å². The van der Waals surface area contributed by atoms with Gasteiger partial charge in [0.25, 0.3) is 0 Å². The molecule has 7 rings (SSSR count). The van der Waals surface area contributed by atoms with Gasteiger partial charge in [-0.3, -0.25) is 4.79 Å². The number of ketones is 1. The second-order valence-electron chi connectivity index (χ2n) is 7.72. The standard InChI is InChI=1S/C25H18O/c26-21-13-15-25(17-8-2-1-3-9-17)14-12-18(21)23-19-10-4-6-16-7-5-11-20(22(16)19)24(23)25/h1-15,18,23-24H. The van der Waals surface area contributed by atoms with Crippen LogP contribution in [-0.2, 0) is 10.2 Å². The van der Waals surface area contributed by atoms with Gasteiger partial charge >= 0.3 is 0 Å². The summed E-state index contributed by atoms with van der Waals surface area (Å²) in [6, 6.07) is 23.8. The molecule has 3 aromatic carbocycles. The Balaban J connectivity index is 1.73. The van der Waals surface area contributed by atoms with Crippen molar-refractivity contribution in [2.45, 2.75) is 17.3 Å². The van der Waals surface area contributed by atoms with Crippen LogP contribution in [0.25, 0.3) is 10.8 Å². The molecule has 2 bridgehead atoms. The van der Waals surface area contributed by atoms with Crippen molar-refractivity contribution in [1.29, 1.82) is 0 Å². The van der Waals surface area contributed by atoms with Crippen molar-refractivity contribution in [3.63, 3.8) is 0 Å². The van der Waals surface area contributed by atoms with Crippen LogP contribution in [0.4, 0.5) is 0 Å². The summed E-state index contributed by atoms with van der Waals surface area (Å²) < 4.78 is 0. The summed E-state index contributed by atoms with van der Waals surface area (Å²) in [5.41, 5.74) is 3.73. The number of allylic oxidation sites excluding steroid dienone is 4. The Kier molecular flexibility index (Phi) is 2.65. The van der Waals surface area contributed by atoms with Crippen molar-refractivity contribution in [2.24, 2.45) is 5.92 Å². The maximum absolute atomic E-state index is 12.9. The zero-order chi connectivity index (χ0) is 17.3. The first-order chi connectivity index (χ1) is 12.8. The van der Waals surface area contributed by atoms with E-state index in [1.165, 1.54) is 27.5 Å². The van der Waals surface area contributed by atoms with Crippen LogP contribution in [0.1, 0.15) is 28.5 Å². The fraction of sp³-hybridized carbons (Fsp3) is 0.160. The summed E-state index contributed by atoms with van der Waals surface area (Å²) in [6.45, 7) is 0. The molecule has 0 aliphatic heterocycles.